The van der Waals surface area contributed by atoms with Crippen LogP contribution in [0.25, 0.3) is 0 Å². The number of aromatic amines is 1. The van der Waals surface area contributed by atoms with Gasteiger partial charge >= 0.3 is 0 Å². The van der Waals surface area contributed by atoms with E-state index in [4.69, 9.17) is 5.26 Å². The maximum Gasteiger partial charge on any atom is 0.182 e. The van der Waals surface area contributed by atoms with E-state index in [0.717, 1.165) is 12.8 Å². The summed E-state index contributed by atoms with van der Waals surface area (Å²) in [6, 6.07) is 1.87. The number of nitrogens with one attached hydrogen (secondary N) is 1. The van der Waals surface area contributed by atoms with E-state index in [1.165, 1.54) is 6.33 Å². The van der Waals surface area contributed by atoms with E-state index in [0.29, 0.717) is 12.1 Å². The lowest BCUT2D eigenvalue weighted by molar-refractivity contribution is 0.0975. The molecule has 0 bridgehead atoms. The van der Waals surface area contributed by atoms with Crippen LogP contribution in [0.2, 0.25) is 0 Å². The predicted molar refractivity (Wildman–Crippen MR) is 47.2 cm³/mol. The molecule has 13 heavy (non-hydrogen) atoms. The maximum atomic E-state index is 11.4. The fourth-order valence-electron chi connectivity index (χ4n) is 1.05. The first-order valence-corrected chi connectivity index (χ1v) is 4.26. The lowest BCUT2D eigenvalue weighted by Gasteiger charge is -1.95. The second-order valence-corrected chi connectivity index (χ2v) is 2.76. The van der Waals surface area contributed by atoms with Gasteiger partial charge in [-0.2, -0.15) is 5.26 Å². The molecule has 0 fully saturated rings. The summed E-state index contributed by atoms with van der Waals surface area (Å²) >= 11 is 0. The fraction of sp³-hybridized carbons (Fsp3) is 0.444. The summed E-state index contributed by atoms with van der Waals surface area (Å²) < 4.78 is 0. The molecule has 0 aromatic carbocycles. The molecule has 0 saturated carbocycles. The molecule has 1 rings (SSSR count). The van der Waals surface area contributed by atoms with Crippen LogP contribution >= 0.6 is 0 Å². The smallest absolute Gasteiger partial charge is 0.182 e. The van der Waals surface area contributed by atoms with Gasteiger partial charge in [0.2, 0.25) is 0 Å². The minimum Gasteiger partial charge on any atom is -0.341 e. The molecule has 0 amide bonds. The number of rotatable bonds is 4. The van der Waals surface area contributed by atoms with Crippen molar-refractivity contribution in [3.63, 3.8) is 0 Å². The van der Waals surface area contributed by atoms with Gasteiger partial charge in [0.1, 0.15) is 11.8 Å². The van der Waals surface area contributed by atoms with Crippen molar-refractivity contribution in [1.29, 1.82) is 5.26 Å². The van der Waals surface area contributed by atoms with Gasteiger partial charge in [-0.25, -0.2) is 4.98 Å². The third-order valence-electron chi connectivity index (χ3n) is 1.78. The minimum absolute atomic E-state index is 0.0316. The monoisotopic (exact) mass is 177 g/mol. The normalized spacial score (nSPS) is 9.54. The average molecular weight is 177 g/mol. The summed E-state index contributed by atoms with van der Waals surface area (Å²) in [7, 11) is 0. The van der Waals surface area contributed by atoms with E-state index < -0.39 is 0 Å². The summed E-state index contributed by atoms with van der Waals surface area (Å²) in [6.07, 6.45) is 3.68. The highest BCUT2D eigenvalue weighted by molar-refractivity contribution is 5.95. The molecule has 1 N–H and O–H groups in total. The van der Waals surface area contributed by atoms with Crippen LogP contribution in [0.3, 0.4) is 0 Å². The Morgan fingerprint density at radius 1 is 1.77 bits per heavy atom. The number of hydrogen-bond acceptors (Lipinski definition) is 3. The summed E-state index contributed by atoms with van der Waals surface area (Å²) in [5, 5.41) is 8.60. The Balaban J connectivity index is 2.72. The first kappa shape index (κ1) is 9.46. The molecular weight excluding hydrogens is 166 g/mol. The zero-order valence-electron chi connectivity index (χ0n) is 7.50. The van der Waals surface area contributed by atoms with Crippen molar-refractivity contribution >= 4 is 5.78 Å². The van der Waals surface area contributed by atoms with Crippen LogP contribution in [0.5, 0.6) is 0 Å². The SMILES string of the molecule is CCCCC(=O)c1[nH]cnc1C#N. The molecule has 0 saturated heterocycles. The van der Waals surface area contributed by atoms with Crippen LogP contribution in [-0.2, 0) is 0 Å². The first-order valence-electron chi connectivity index (χ1n) is 4.26. The highest BCUT2D eigenvalue weighted by Crippen LogP contribution is 2.07. The number of ketones is 1. The van der Waals surface area contributed by atoms with E-state index >= 15 is 0 Å². The van der Waals surface area contributed by atoms with Crippen molar-refractivity contribution in [3.8, 4) is 6.07 Å². The molecule has 68 valence electrons. The van der Waals surface area contributed by atoms with Crippen LogP contribution in [0.4, 0.5) is 0 Å². The quantitative estimate of drug-likeness (QED) is 0.711. The van der Waals surface area contributed by atoms with Crippen LogP contribution in [0.15, 0.2) is 6.33 Å². The molecule has 0 aliphatic rings. The Labute approximate surface area is 76.6 Å². The number of aromatic nitrogens is 2. The van der Waals surface area contributed by atoms with Gasteiger partial charge in [0, 0.05) is 6.42 Å². The Kier molecular flexibility index (Phi) is 3.21. The van der Waals surface area contributed by atoms with Gasteiger partial charge in [-0.3, -0.25) is 4.79 Å². The van der Waals surface area contributed by atoms with E-state index in [1.807, 2.05) is 13.0 Å². The van der Waals surface area contributed by atoms with Gasteiger partial charge in [0.25, 0.3) is 0 Å². The van der Waals surface area contributed by atoms with Gasteiger partial charge in [0.15, 0.2) is 11.5 Å². The lowest BCUT2D eigenvalue weighted by atomic mass is 10.1. The van der Waals surface area contributed by atoms with Crippen molar-refractivity contribution in [2.75, 3.05) is 0 Å². The molecule has 4 heteroatoms. The molecule has 1 aromatic heterocycles. The molecule has 0 radical (unpaired) electrons. The highest BCUT2D eigenvalue weighted by atomic mass is 16.1. The van der Waals surface area contributed by atoms with E-state index in [-0.39, 0.29) is 11.5 Å². The van der Waals surface area contributed by atoms with Crippen LogP contribution < -0.4 is 0 Å². The van der Waals surface area contributed by atoms with Crippen LogP contribution in [0, 0.1) is 11.3 Å². The van der Waals surface area contributed by atoms with Gasteiger partial charge in [-0.15, -0.1) is 0 Å². The Morgan fingerprint density at radius 3 is 3.15 bits per heavy atom. The second kappa shape index (κ2) is 4.41. The van der Waals surface area contributed by atoms with Crippen molar-refractivity contribution in [3.05, 3.63) is 17.7 Å². The van der Waals surface area contributed by atoms with Crippen LogP contribution in [-0.4, -0.2) is 15.8 Å². The number of imidazole rings is 1. The van der Waals surface area contributed by atoms with Gasteiger partial charge in [-0.05, 0) is 6.42 Å². The Morgan fingerprint density at radius 2 is 2.54 bits per heavy atom. The van der Waals surface area contributed by atoms with E-state index in [1.54, 1.807) is 0 Å². The molecule has 0 aliphatic carbocycles. The Hall–Kier alpha value is -1.63. The number of nitriles is 1. The third kappa shape index (κ3) is 2.15. The molecule has 0 atom stereocenters. The maximum absolute atomic E-state index is 11.4. The third-order valence-corrected chi connectivity index (χ3v) is 1.78. The molecule has 1 heterocycles. The van der Waals surface area contributed by atoms with Crippen molar-refractivity contribution in [2.24, 2.45) is 0 Å². The molecule has 0 spiro atoms. The van der Waals surface area contributed by atoms with Crippen molar-refractivity contribution < 1.29 is 4.79 Å². The van der Waals surface area contributed by atoms with Gasteiger partial charge < -0.3 is 4.98 Å². The zero-order chi connectivity index (χ0) is 9.68. The summed E-state index contributed by atoms with van der Waals surface area (Å²) in [6.45, 7) is 2.02. The summed E-state index contributed by atoms with van der Waals surface area (Å²) in [5.74, 6) is -0.0316. The number of Topliss-reactive ketones (excluding diaryl/α,β-unsaturated/α-hetero) is 1. The van der Waals surface area contributed by atoms with Gasteiger partial charge in [-0.1, -0.05) is 13.3 Å². The number of unbranched alkanes of at least 4 members (excludes halogenated alkanes) is 1. The van der Waals surface area contributed by atoms with E-state index in [2.05, 4.69) is 9.97 Å². The summed E-state index contributed by atoms with van der Waals surface area (Å²) in [4.78, 5) is 17.8. The topological polar surface area (TPSA) is 69.5 Å². The minimum atomic E-state index is -0.0316. The molecule has 0 unspecified atom stereocenters. The van der Waals surface area contributed by atoms with Crippen molar-refractivity contribution in [2.45, 2.75) is 26.2 Å². The zero-order valence-corrected chi connectivity index (χ0v) is 7.50. The Bertz CT molecular complexity index is 335. The highest BCUT2D eigenvalue weighted by Gasteiger charge is 2.12. The number of nitrogens with zero attached hydrogens (tertiary/aromatic N) is 2. The molecule has 1 aromatic rings. The molecular formula is C9H11N3O. The predicted octanol–water partition coefficient (Wildman–Crippen LogP) is 1.65. The van der Waals surface area contributed by atoms with E-state index in [9.17, 15) is 4.79 Å². The standard InChI is InChI=1S/C9H11N3O/c1-2-3-4-8(13)9-7(5-10)11-6-12-9/h6H,2-4H2,1H3,(H,11,12). The number of H-pyrrole nitrogens is 1. The number of carbonyl (C=O) groups excluding carboxylic acids is 1. The van der Waals surface area contributed by atoms with Gasteiger partial charge in [0.05, 0.1) is 6.33 Å². The summed E-state index contributed by atoms with van der Waals surface area (Å²) in [5.41, 5.74) is 0.539. The number of hydrogen-bond donors (Lipinski definition) is 1. The first-order chi connectivity index (χ1) is 6.29. The molecule has 4 nitrogen and oxygen atoms in total. The van der Waals surface area contributed by atoms with Crippen LogP contribution in [0.1, 0.15) is 42.4 Å². The average Bonchev–Trinajstić information content (AvgIpc) is 2.61. The second-order valence-electron chi connectivity index (χ2n) is 2.76. The largest absolute Gasteiger partial charge is 0.341 e. The molecule has 0 aliphatic heterocycles. The number of carbonyl (C=O) groups is 1. The fourth-order valence-corrected chi connectivity index (χ4v) is 1.05. The van der Waals surface area contributed by atoms with Crippen molar-refractivity contribution in [1.82, 2.24) is 9.97 Å². The lowest BCUT2D eigenvalue weighted by Crippen LogP contribution is -2.01.